The third-order valence-corrected chi connectivity index (χ3v) is 5.91. The molecule has 162 valence electrons. The fraction of sp³-hybridized carbons (Fsp3) is 0.440. The second kappa shape index (κ2) is 13.0. The molecule has 2 rings (SSSR count). The van der Waals surface area contributed by atoms with Gasteiger partial charge in [-0.15, -0.1) is 11.3 Å². The van der Waals surface area contributed by atoms with E-state index >= 15 is 0 Å². The van der Waals surface area contributed by atoms with E-state index in [9.17, 15) is 9.59 Å². The minimum atomic E-state index is -0.332. The maximum absolute atomic E-state index is 12.3. The topological polar surface area (TPSA) is 55.4 Å². The van der Waals surface area contributed by atoms with Crippen LogP contribution in [0.15, 0.2) is 41.8 Å². The Bertz CT molecular complexity index is 823. The second-order valence-corrected chi connectivity index (χ2v) is 8.47. The number of rotatable bonds is 12. The minimum Gasteiger partial charge on any atom is -0.463 e. The Hall–Kier alpha value is -2.40. The molecule has 0 aliphatic rings. The number of unbranched alkanes of at least 4 members (excludes halogenated alkanes) is 3. The molecular weight excluding hydrogens is 394 g/mol. The van der Waals surface area contributed by atoms with Gasteiger partial charge in [0.15, 0.2) is 0 Å². The molecule has 1 atom stereocenters. The molecule has 0 fully saturated rings. The zero-order valence-corrected chi connectivity index (χ0v) is 19.1. The lowest BCUT2D eigenvalue weighted by molar-refractivity contribution is -0.137. The number of esters is 1. The van der Waals surface area contributed by atoms with Gasteiger partial charge in [-0.1, -0.05) is 63.8 Å². The van der Waals surface area contributed by atoms with Crippen molar-refractivity contribution in [2.45, 2.75) is 59.4 Å². The van der Waals surface area contributed by atoms with Gasteiger partial charge in [0.05, 0.1) is 13.2 Å². The number of carbonyl (C=O) groups is 2. The molecule has 1 unspecified atom stereocenters. The normalized spacial score (nSPS) is 12.1. The van der Waals surface area contributed by atoms with Crippen LogP contribution < -0.4 is 5.32 Å². The van der Waals surface area contributed by atoms with Gasteiger partial charge in [-0.3, -0.25) is 4.79 Å². The second-order valence-electron chi connectivity index (χ2n) is 7.48. The van der Waals surface area contributed by atoms with E-state index in [4.69, 9.17) is 4.74 Å². The monoisotopic (exact) mass is 427 g/mol. The van der Waals surface area contributed by atoms with Gasteiger partial charge >= 0.3 is 5.97 Å². The van der Waals surface area contributed by atoms with Crippen LogP contribution in [0.5, 0.6) is 0 Å². The Morgan fingerprint density at radius 3 is 2.57 bits per heavy atom. The minimum absolute atomic E-state index is 0.0662. The summed E-state index contributed by atoms with van der Waals surface area (Å²) in [5.41, 5.74) is 3.20. The van der Waals surface area contributed by atoms with Crippen LogP contribution in [0.3, 0.4) is 0 Å². The van der Waals surface area contributed by atoms with Crippen LogP contribution in [0.4, 0.5) is 0 Å². The fourth-order valence-electron chi connectivity index (χ4n) is 3.12. The summed E-state index contributed by atoms with van der Waals surface area (Å²) in [7, 11) is 0. The summed E-state index contributed by atoms with van der Waals surface area (Å²) in [5, 5.41) is 5.18. The highest BCUT2D eigenvalue weighted by Gasteiger charge is 2.12. The van der Waals surface area contributed by atoms with Gasteiger partial charge in [0.1, 0.15) is 0 Å². The number of carbonyl (C=O) groups excluding carboxylic acids is 2. The first-order chi connectivity index (χ1) is 14.5. The van der Waals surface area contributed by atoms with Crippen LogP contribution in [0.25, 0.3) is 17.2 Å². The number of hydrogen-bond acceptors (Lipinski definition) is 4. The highest BCUT2D eigenvalue weighted by molar-refractivity contribution is 7.10. The van der Waals surface area contributed by atoms with Crippen molar-refractivity contribution in [3.05, 3.63) is 52.2 Å². The quantitative estimate of drug-likeness (QED) is 0.249. The number of nitrogens with one attached hydrogen (secondary N) is 1. The highest BCUT2D eigenvalue weighted by atomic mass is 32.1. The predicted octanol–water partition coefficient (Wildman–Crippen LogP) is 6.21. The maximum atomic E-state index is 12.3. The lowest BCUT2D eigenvalue weighted by atomic mass is 10.0. The summed E-state index contributed by atoms with van der Waals surface area (Å²) in [4.78, 5) is 24.8. The third-order valence-electron chi connectivity index (χ3n) is 4.97. The lowest BCUT2D eigenvalue weighted by Gasteiger charge is -2.11. The predicted molar refractivity (Wildman–Crippen MR) is 125 cm³/mol. The van der Waals surface area contributed by atoms with E-state index in [1.807, 2.05) is 31.2 Å². The summed E-state index contributed by atoms with van der Waals surface area (Å²) >= 11 is 1.66. The molecule has 30 heavy (non-hydrogen) atoms. The molecule has 1 N–H and O–H groups in total. The molecule has 4 nitrogen and oxygen atoms in total. The van der Waals surface area contributed by atoms with Crippen LogP contribution in [0.1, 0.15) is 63.3 Å². The number of hydrogen-bond donors (Lipinski definition) is 1. The number of amides is 1. The zero-order chi connectivity index (χ0) is 21.8. The largest absolute Gasteiger partial charge is 0.463 e. The van der Waals surface area contributed by atoms with Crippen molar-refractivity contribution >= 4 is 29.3 Å². The molecule has 0 aliphatic heterocycles. The van der Waals surface area contributed by atoms with Crippen molar-refractivity contribution in [3.8, 4) is 11.1 Å². The highest BCUT2D eigenvalue weighted by Crippen LogP contribution is 2.26. The summed E-state index contributed by atoms with van der Waals surface area (Å²) in [6.07, 6.45) is 8.94. The van der Waals surface area contributed by atoms with E-state index in [1.54, 1.807) is 24.3 Å². The molecule has 0 saturated carbocycles. The van der Waals surface area contributed by atoms with Crippen LogP contribution in [-0.4, -0.2) is 18.5 Å². The van der Waals surface area contributed by atoms with Crippen LogP contribution >= 0.6 is 11.3 Å². The van der Waals surface area contributed by atoms with Gasteiger partial charge in [-0.05, 0) is 47.6 Å². The Morgan fingerprint density at radius 1 is 1.10 bits per heavy atom. The van der Waals surface area contributed by atoms with Crippen molar-refractivity contribution in [2.75, 3.05) is 6.61 Å². The van der Waals surface area contributed by atoms with Crippen LogP contribution in [0.2, 0.25) is 0 Å². The first-order valence-electron chi connectivity index (χ1n) is 10.8. The Kier molecular flexibility index (Phi) is 10.4. The Morgan fingerprint density at radius 2 is 1.87 bits per heavy atom. The average Bonchev–Trinajstić information content (AvgIpc) is 3.23. The summed E-state index contributed by atoms with van der Waals surface area (Å²) in [6, 6.07) is 10.1. The van der Waals surface area contributed by atoms with Gasteiger partial charge in [0.2, 0.25) is 5.91 Å². The molecule has 1 aromatic heterocycles. The summed E-state index contributed by atoms with van der Waals surface area (Å²) in [6.45, 7) is 6.95. The van der Waals surface area contributed by atoms with Crippen molar-refractivity contribution in [3.63, 3.8) is 0 Å². The average molecular weight is 428 g/mol. The van der Waals surface area contributed by atoms with E-state index in [0.29, 0.717) is 13.2 Å². The van der Waals surface area contributed by atoms with Gasteiger partial charge in [0, 0.05) is 16.9 Å². The Labute approximate surface area is 184 Å². The number of ether oxygens (including phenoxy) is 1. The molecule has 1 amide bonds. The Balaban J connectivity index is 1.84. The molecule has 1 aromatic carbocycles. The van der Waals surface area contributed by atoms with Gasteiger partial charge in [-0.2, -0.15) is 0 Å². The summed E-state index contributed by atoms with van der Waals surface area (Å²) in [5.74, 6) is -0.128. The first-order valence-corrected chi connectivity index (χ1v) is 11.7. The molecule has 0 radical (unpaired) electrons. The van der Waals surface area contributed by atoms with Crippen molar-refractivity contribution < 1.29 is 14.3 Å². The standard InChI is InChI=1S/C25H33NO3S/c1-4-6-7-8-9-19(3)25(28)26-17-23-16-22(18-30-23)21-13-10-20(11-14-21)12-15-24(27)29-5-2/h10-16,18-19H,4-9,17H2,1-3H3,(H,26,28). The van der Waals surface area contributed by atoms with Gasteiger partial charge in [-0.25, -0.2) is 4.79 Å². The summed E-state index contributed by atoms with van der Waals surface area (Å²) < 4.78 is 4.89. The van der Waals surface area contributed by atoms with Gasteiger partial charge in [0.25, 0.3) is 0 Å². The lowest BCUT2D eigenvalue weighted by Crippen LogP contribution is -2.28. The van der Waals surface area contributed by atoms with E-state index in [1.165, 1.54) is 25.3 Å². The molecule has 0 saturated heterocycles. The maximum Gasteiger partial charge on any atom is 0.330 e. The molecule has 5 heteroatoms. The third kappa shape index (κ3) is 8.15. The smallest absolute Gasteiger partial charge is 0.330 e. The fourth-order valence-corrected chi connectivity index (χ4v) is 3.96. The van der Waals surface area contributed by atoms with E-state index in [0.717, 1.165) is 34.4 Å². The van der Waals surface area contributed by atoms with Gasteiger partial charge < -0.3 is 10.1 Å². The van der Waals surface area contributed by atoms with Crippen molar-refractivity contribution in [2.24, 2.45) is 5.92 Å². The molecule has 0 spiro atoms. The van der Waals surface area contributed by atoms with Crippen LogP contribution in [-0.2, 0) is 20.9 Å². The zero-order valence-electron chi connectivity index (χ0n) is 18.3. The number of thiophene rings is 1. The first kappa shape index (κ1) is 23.9. The SMILES string of the molecule is CCCCCCC(C)C(=O)NCc1cc(-c2ccc(C=CC(=O)OCC)cc2)cs1. The van der Waals surface area contributed by atoms with E-state index in [2.05, 4.69) is 23.7 Å². The van der Waals surface area contributed by atoms with E-state index in [-0.39, 0.29) is 17.8 Å². The molecule has 0 aliphatic carbocycles. The van der Waals surface area contributed by atoms with E-state index < -0.39 is 0 Å². The molecule has 1 heterocycles. The van der Waals surface area contributed by atoms with Crippen molar-refractivity contribution in [1.29, 1.82) is 0 Å². The molecular formula is C25H33NO3S. The number of benzene rings is 1. The van der Waals surface area contributed by atoms with Crippen molar-refractivity contribution in [1.82, 2.24) is 5.32 Å². The van der Waals surface area contributed by atoms with Crippen LogP contribution in [0, 0.1) is 5.92 Å². The molecule has 2 aromatic rings. The molecule has 0 bridgehead atoms.